The summed E-state index contributed by atoms with van der Waals surface area (Å²) in [6, 6.07) is 7.84. The van der Waals surface area contributed by atoms with Crippen LogP contribution in [0.5, 0.6) is 0 Å². The van der Waals surface area contributed by atoms with E-state index >= 15 is 0 Å². The molecule has 0 aliphatic rings. The summed E-state index contributed by atoms with van der Waals surface area (Å²) in [5, 5.41) is 1.45. The van der Waals surface area contributed by atoms with Crippen LogP contribution in [0.15, 0.2) is 38.9 Å². The summed E-state index contributed by atoms with van der Waals surface area (Å²) < 4.78 is 5.57. The average molecular weight is 271 g/mol. The van der Waals surface area contributed by atoms with E-state index in [0.29, 0.717) is 5.22 Å². The van der Waals surface area contributed by atoms with E-state index in [1.54, 1.807) is 0 Å². The Morgan fingerprint density at radius 1 is 0.895 bits per heavy atom. The lowest BCUT2D eigenvalue weighted by Gasteiger charge is -2.03. The Balaban J connectivity index is 2.02. The summed E-state index contributed by atoms with van der Waals surface area (Å²) in [4.78, 5) is 13.5. The first-order valence-electron chi connectivity index (χ1n) is 5.99. The van der Waals surface area contributed by atoms with E-state index in [2.05, 4.69) is 15.0 Å². The van der Waals surface area contributed by atoms with E-state index in [9.17, 15) is 0 Å². The minimum Gasteiger partial charge on any atom is -0.436 e. The first-order chi connectivity index (χ1) is 9.13. The van der Waals surface area contributed by atoms with Crippen molar-refractivity contribution in [2.24, 2.45) is 0 Å². The zero-order valence-corrected chi connectivity index (χ0v) is 11.8. The lowest BCUT2D eigenvalue weighted by atomic mass is 10.3. The number of nitrogens with zero attached hydrogens (tertiary/aromatic N) is 3. The molecule has 0 radical (unpaired) electrons. The predicted octanol–water partition coefficient (Wildman–Crippen LogP) is 3.69. The Labute approximate surface area is 115 Å². The van der Waals surface area contributed by atoms with Crippen LogP contribution in [0.1, 0.15) is 17.1 Å². The first-order valence-corrected chi connectivity index (χ1v) is 6.80. The molecule has 0 aliphatic carbocycles. The van der Waals surface area contributed by atoms with Gasteiger partial charge in [-0.05, 0) is 44.7 Å². The van der Waals surface area contributed by atoms with Gasteiger partial charge in [0.05, 0.1) is 22.4 Å². The van der Waals surface area contributed by atoms with Crippen LogP contribution in [-0.4, -0.2) is 15.0 Å². The molecule has 0 atom stereocenters. The molecular formula is C14H13N3OS. The number of oxazole rings is 1. The third kappa shape index (κ3) is 2.33. The van der Waals surface area contributed by atoms with Crippen molar-refractivity contribution in [2.75, 3.05) is 0 Å². The molecule has 5 heteroatoms. The van der Waals surface area contributed by atoms with E-state index in [-0.39, 0.29) is 0 Å². The van der Waals surface area contributed by atoms with Gasteiger partial charge in [-0.2, -0.15) is 0 Å². The molecule has 1 aromatic carbocycles. The first kappa shape index (κ1) is 12.2. The van der Waals surface area contributed by atoms with Gasteiger partial charge in [-0.1, -0.05) is 12.1 Å². The van der Waals surface area contributed by atoms with Gasteiger partial charge in [0.1, 0.15) is 10.8 Å². The molecule has 0 spiro atoms. The minimum atomic E-state index is 0.614. The molecule has 3 aromatic rings. The molecule has 0 fully saturated rings. The van der Waals surface area contributed by atoms with E-state index in [1.165, 1.54) is 11.8 Å². The molecule has 19 heavy (non-hydrogen) atoms. The molecule has 3 rings (SSSR count). The molecular weight excluding hydrogens is 258 g/mol. The third-order valence-corrected chi connectivity index (χ3v) is 3.82. The molecule has 2 heterocycles. The zero-order valence-electron chi connectivity index (χ0n) is 11.0. The highest BCUT2D eigenvalue weighted by Gasteiger charge is 2.12. The molecule has 0 saturated carbocycles. The van der Waals surface area contributed by atoms with E-state index in [1.807, 2.05) is 45.0 Å². The van der Waals surface area contributed by atoms with Gasteiger partial charge in [-0.3, -0.25) is 0 Å². The molecule has 96 valence electrons. The van der Waals surface area contributed by atoms with Crippen LogP contribution in [0.2, 0.25) is 0 Å². The number of hydrogen-bond acceptors (Lipinski definition) is 5. The lowest BCUT2D eigenvalue weighted by Crippen LogP contribution is -1.92. The van der Waals surface area contributed by atoms with Crippen molar-refractivity contribution in [3.63, 3.8) is 0 Å². The smallest absolute Gasteiger partial charge is 0.262 e. The fourth-order valence-electron chi connectivity index (χ4n) is 1.74. The maximum absolute atomic E-state index is 5.57. The quantitative estimate of drug-likeness (QED) is 0.711. The Morgan fingerprint density at radius 3 is 2.21 bits per heavy atom. The van der Waals surface area contributed by atoms with Crippen molar-refractivity contribution in [3.8, 4) is 0 Å². The number of fused-ring (bicyclic) bond motifs is 1. The van der Waals surface area contributed by atoms with Gasteiger partial charge < -0.3 is 4.42 Å². The second kappa shape index (κ2) is 4.66. The second-order valence-corrected chi connectivity index (χ2v) is 5.27. The molecule has 0 amide bonds. The fourth-order valence-corrected chi connectivity index (χ4v) is 2.59. The molecule has 0 unspecified atom stereocenters. The van der Waals surface area contributed by atoms with Crippen LogP contribution in [-0.2, 0) is 0 Å². The van der Waals surface area contributed by atoms with Crippen LogP contribution < -0.4 is 0 Å². The molecule has 0 saturated heterocycles. The zero-order chi connectivity index (χ0) is 13.4. The number of para-hydroxylation sites is 2. The summed E-state index contributed by atoms with van der Waals surface area (Å²) in [5.41, 5.74) is 3.59. The highest BCUT2D eigenvalue weighted by molar-refractivity contribution is 7.99. The van der Waals surface area contributed by atoms with Crippen LogP contribution >= 0.6 is 11.8 Å². The number of aromatic nitrogens is 3. The highest BCUT2D eigenvalue weighted by atomic mass is 32.2. The van der Waals surface area contributed by atoms with Gasteiger partial charge in [0.25, 0.3) is 5.22 Å². The van der Waals surface area contributed by atoms with Gasteiger partial charge >= 0.3 is 0 Å². The normalized spacial score (nSPS) is 11.1. The lowest BCUT2D eigenvalue weighted by molar-refractivity contribution is 0.431. The largest absolute Gasteiger partial charge is 0.436 e. The van der Waals surface area contributed by atoms with Gasteiger partial charge in [-0.15, -0.1) is 0 Å². The van der Waals surface area contributed by atoms with E-state index in [0.717, 1.165) is 33.2 Å². The van der Waals surface area contributed by atoms with Gasteiger partial charge in [0.2, 0.25) is 0 Å². The second-order valence-electron chi connectivity index (χ2n) is 4.33. The standard InChI is InChI=1S/C14H13N3OS/c1-8-10(3)18-14(16-8)19-13-9(2)15-11-6-4-5-7-12(11)17-13/h4-7H,1-3H3. The fraction of sp³-hybridized carbons (Fsp3) is 0.214. The monoisotopic (exact) mass is 271 g/mol. The Hall–Kier alpha value is -1.88. The maximum Gasteiger partial charge on any atom is 0.262 e. The minimum absolute atomic E-state index is 0.614. The molecule has 2 aromatic heterocycles. The van der Waals surface area contributed by atoms with Gasteiger partial charge in [-0.25, -0.2) is 15.0 Å². The Bertz CT molecular complexity index is 732. The summed E-state index contributed by atoms with van der Waals surface area (Å²) in [7, 11) is 0. The number of benzene rings is 1. The number of hydrogen-bond donors (Lipinski definition) is 0. The van der Waals surface area contributed by atoms with Crippen LogP contribution in [0, 0.1) is 20.8 Å². The van der Waals surface area contributed by atoms with Crippen LogP contribution in [0.25, 0.3) is 11.0 Å². The molecule has 4 nitrogen and oxygen atoms in total. The Kier molecular flexibility index (Phi) is 2.98. The predicted molar refractivity (Wildman–Crippen MR) is 74.4 cm³/mol. The topological polar surface area (TPSA) is 51.8 Å². The summed E-state index contributed by atoms with van der Waals surface area (Å²) >= 11 is 1.41. The van der Waals surface area contributed by atoms with E-state index < -0.39 is 0 Å². The van der Waals surface area contributed by atoms with Crippen molar-refractivity contribution in [3.05, 3.63) is 41.4 Å². The van der Waals surface area contributed by atoms with Crippen LogP contribution in [0.4, 0.5) is 0 Å². The average Bonchev–Trinajstić information content (AvgIpc) is 2.69. The SMILES string of the molecule is Cc1nc2ccccc2nc1Sc1nc(C)c(C)o1. The summed E-state index contributed by atoms with van der Waals surface area (Å²) in [6.45, 7) is 5.79. The number of aryl methyl sites for hydroxylation is 3. The van der Waals surface area contributed by atoms with Crippen molar-refractivity contribution in [2.45, 2.75) is 31.0 Å². The molecule has 0 aliphatic heterocycles. The van der Waals surface area contributed by atoms with Gasteiger partial charge in [0, 0.05) is 0 Å². The van der Waals surface area contributed by atoms with Crippen molar-refractivity contribution >= 4 is 22.8 Å². The van der Waals surface area contributed by atoms with Crippen molar-refractivity contribution < 1.29 is 4.42 Å². The summed E-state index contributed by atoms with van der Waals surface area (Å²) in [6.07, 6.45) is 0. The van der Waals surface area contributed by atoms with Crippen molar-refractivity contribution in [1.82, 2.24) is 15.0 Å². The molecule has 0 bridgehead atoms. The number of rotatable bonds is 2. The maximum atomic E-state index is 5.57. The van der Waals surface area contributed by atoms with E-state index in [4.69, 9.17) is 4.42 Å². The van der Waals surface area contributed by atoms with Crippen molar-refractivity contribution in [1.29, 1.82) is 0 Å². The summed E-state index contributed by atoms with van der Waals surface area (Å²) in [5.74, 6) is 0.842. The highest BCUT2D eigenvalue weighted by Crippen LogP contribution is 2.29. The van der Waals surface area contributed by atoms with Crippen LogP contribution in [0.3, 0.4) is 0 Å². The third-order valence-electron chi connectivity index (χ3n) is 2.89. The van der Waals surface area contributed by atoms with Gasteiger partial charge in [0.15, 0.2) is 0 Å². The molecule has 0 N–H and O–H groups in total. The Morgan fingerprint density at radius 2 is 1.58 bits per heavy atom.